The topological polar surface area (TPSA) is 95.5 Å². The van der Waals surface area contributed by atoms with Crippen molar-refractivity contribution >= 4 is 35.2 Å². The zero-order valence-corrected chi connectivity index (χ0v) is 10.3. The number of carboxylic acids is 1. The summed E-state index contributed by atoms with van der Waals surface area (Å²) in [4.78, 5) is 32.7. The Labute approximate surface area is 112 Å². The Balaban J connectivity index is 2.53. The summed E-state index contributed by atoms with van der Waals surface area (Å²) in [6.07, 6.45) is -0.723. The summed E-state index contributed by atoms with van der Waals surface area (Å²) in [6.45, 7) is 0. The zero-order valence-electron chi connectivity index (χ0n) is 9.57. The molecule has 1 aromatic rings. The Bertz CT molecular complexity index is 521. The van der Waals surface area contributed by atoms with Crippen LogP contribution in [0.1, 0.15) is 12.8 Å². The molecule has 0 aliphatic rings. The molecular weight excluding hydrogens is 279 g/mol. The third-order valence-electron chi connectivity index (χ3n) is 2.00. The molecule has 1 aromatic carbocycles. The molecule has 102 valence electrons. The molecule has 3 amide bonds. The molecule has 0 radical (unpaired) electrons. The fraction of sp³-hybridized carbons (Fsp3) is 0.182. The van der Waals surface area contributed by atoms with Crippen molar-refractivity contribution in [2.24, 2.45) is 0 Å². The summed E-state index contributed by atoms with van der Waals surface area (Å²) < 4.78 is 12.9. The Morgan fingerprint density at radius 3 is 2.58 bits per heavy atom. The van der Waals surface area contributed by atoms with Crippen LogP contribution < -0.4 is 10.6 Å². The fourth-order valence-corrected chi connectivity index (χ4v) is 1.32. The molecule has 6 nitrogen and oxygen atoms in total. The van der Waals surface area contributed by atoms with Gasteiger partial charge in [0.15, 0.2) is 0 Å². The van der Waals surface area contributed by atoms with E-state index in [-0.39, 0.29) is 23.6 Å². The zero-order chi connectivity index (χ0) is 14.4. The minimum atomic E-state index is -1.15. The Morgan fingerprint density at radius 2 is 1.95 bits per heavy atom. The highest BCUT2D eigenvalue weighted by atomic mass is 35.5. The summed E-state index contributed by atoms with van der Waals surface area (Å²) >= 11 is 5.71. The molecule has 0 heterocycles. The van der Waals surface area contributed by atoms with Crippen LogP contribution in [0.25, 0.3) is 0 Å². The minimum absolute atomic E-state index is 0.00482. The second-order valence-corrected chi connectivity index (χ2v) is 3.93. The van der Waals surface area contributed by atoms with Crippen LogP contribution in [0.15, 0.2) is 18.2 Å². The van der Waals surface area contributed by atoms with Crippen molar-refractivity contribution in [2.45, 2.75) is 12.8 Å². The number of anilines is 1. The van der Waals surface area contributed by atoms with E-state index in [9.17, 15) is 18.8 Å². The Kier molecular flexibility index (Phi) is 5.25. The molecule has 3 N–H and O–H groups in total. The number of aliphatic carboxylic acids is 1. The summed E-state index contributed by atoms with van der Waals surface area (Å²) in [5.74, 6) is -2.51. The molecule has 0 unspecified atom stereocenters. The molecule has 0 aromatic heterocycles. The van der Waals surface area contributed by atoms with Gasteiger partial charge in [-0.1, -0.05) is 11.6 Å². The van der Waals surface area contributed by atoms with Crippen LogP contribution >= 0.6 is 11.6 Å². The number of carbonyl (C=O) groups is 3. The van der Waals surface area contributed by atoms with Crippen LogP contribution in [0, 0.1) is 5.82 Å². The maximum absolute atomic E-state index is 12.9. The van der Waals surface area contributed by atoms with Crippen LogP contribution in [-0.2, 0) is 9.59 Å². The molecular formula is C11H10ClFN2O4. The monoisotopic (exact) mass is 288 g/mol. The van der Waals surface area contributed by atoms with E-state index in [0.29, 0.717) is 0 Å². The average molecular weight is 289 g/mol. The van der Waals surface area contributed by atoms with Crippen LogP contribution in [0.3, 0.4) is 0 Å². The Morgan fingerprint density at radius 1 is 1.26 bits per heavy atom. The van der Waals surface area contributed by atoms with Gasteiger partial charge >= 0.3 is 12.0 Å². The van der Waals surface area contributed by atoms with Gasteiger partial charge in [0.2, 0.25) is 5.91 Å². The number of imide groups is 1. The van der Waals surface area contributed by atoms with Gasteiger partial charge in [-0.15, -0.1) is 0 Å². The maximum atomic E-state index is 12.9. The number of carbonyl (C=O) groups excluding carboxylic acids is 2. The van der Waals surface area contributed by atoms with E-state index in [2.05, 4.69) is 5.32 Å². The molecule has 8 heteroatoms. The first-order valence-electron chi connectivity index (χ1n) is 5.16. The van der Waals surface area contributed by atoms with Crippen molar-refractivity contribution in [3.05, 3.63) is 29.0 Å². The highest BCUT2D eigenvalue weighted by Gasteiger charge is 2.11. The van der Waals surface area contributed by atoms with Crippen molar-refractivity contribution < 1.29 is 23.9 Å². The third-order valence-corrected chi connectivity index (χ3v) is 2.33. The van der Waals surface area contributed by atoms with Crippen molar-refractivity contribution in [1.82, 2.24) is 5.32 Å². The smallest absolute Gasteiger partial charge is 0.325 e. The van der Waals surface area contributed by atoms with Crippen molar-refractivity contribution in [2.75, 3.05) is 5.32 Å². The number of rotatable bonds is 4. The predicted octanol–water partition coefficient (Wildman–Crippen LogP) is 1.99. The largest absolute Gasteiger partial charge is 0.481 e. The lowest BCUT2D eigenvalue weighted by molar-refractivity contribution is -0.138. The molecule has 0 atom stereocenters. The number of nitrogens with one attached hydrogen (secondary N) is 2. The van der Waals surface area contributed by atoms with Crippen molar-refractivity contribution in [3.8, 4) is 0 Å². The highest BCUT2D eigenvalue weighted by molar-refractivity contribution is 6.33. The molecule has 0 spiro atoms. The van der Waals surface area contributed by atoms with Crippen LogP contribution in [0.4, 0.5) is 14.9 Å². The second-order valence-electron chi connectivity index (χ2n) is 3.52. The number of benzene rings is 1. The van der Waals surface area contributed by atoms with Gasteiger partial charge in [-0.05, 0) is 18.2 Å². The summed E-state index contributed by atoms with van der Waals surface area (Å²) in [7, 11) is 0. The summed E-state index contributed by atoms with van der Waals surface area (Å²) in [5.41, 5.74) is 0.00482. The summed E-state index contributed by atoms with van der Waals surface area (Å²) in [5, 5.41) is 12.5. The standard InChI is InChI=1S/C11H10ClFN2O4/c12-7-2-1-6(13)5-8(7)14-11(19)15-9(16)3-4-10(17)18/h1-2,5H,3-4H2,(H,17,18)(H2,14,15,16,19). The number of urea groups is 1. The second kappa shape index (κ2) is 6.69. The van der Waals surface area contributed by atoms with Crippen molar-refractivity contribution in [3.63, 3.8) is 0 Å². The maximum Gasteiger partial charge on any atom is 0.325 e. The van der Waals surface area contributed by atoms with Crippen molar-refractivity contribution in [1.29, 1.82) is 0 Å². The normalized spacial score (nSPS) is 9.79. The molecule has 0 saturated heterocycles. The van der Waals surface area contributed by atoms with E-state index >= 15 is 0 Å². The molecule has 0 fully saturated rings. The number of halogens is 2. The number of carboxylic acid groups (broad SMARTS) is 1. The number of amides is 3. The number of hydrogen-bond donors (Lipinski definition) is 3. The SMILES string of the molecule is O=C(O)CCC(=O)NC(=O)Nc1cc(F)ccc1Cl. The van der Waals surface area contributed by atoms with Gasteiger partial charge in [0.05, 0.1) is 17.1 Å². The quantitative estimate of drug-likeness (QED) is 0.789. The first-order chi connectivity index (χ1) is 8.88. The molecule has 0 saturated carbocycles. The van der Waals surface area contributed by atoms with Crippen LogP contribution in [0.5, 0.6) is 0 Å². The molecule has 0 bridgehead atoms. The molecule has 19 heavy (non-hydrogen) atoms. The van der Waals surface area contributed by atoms with E-state index < -0.39 is 23.7 Å². The van der Waals surface area contributed by atoms with E-state index in [1.807, 2.05) is 5.32 Å². The summed E-state index contributed by atoms with van der Waals surface area (Å²) in [6, 6.07) is 2.44. The van der Waals surface area contributed by atoms with Crippen LogP contribution in [-0.4, -0.2) is 23.0 Å². The fourth-order valence-electron chi connectivity index (χ4n) is 1.16. The van der Waals surface area contributed by atoms with Gasteiger partial charge < -0.3 is 10.4 Å². The van der Waals surface area contributed by atoms with Gasteiger partial charge in [0.1, 0.15) is 5.82 Å². The lowest BCUT2D eigenvalue weighted by Crippen LogP contribution is -2.34. The van der Waals surface area contributed by atoms with E-state index in [1.54, 1.807) is 0 Å². The molecule has 0 aliphatic carbocycles. The molecule has 0 aliphatic heterocycles. The van der Waals surface area contributed by atoms with E-state index in [1.165, 1.54) is 6.07 Å². The highest BCUT2D eigenvalue weighted by Crippen LogP contribution is 2.22. The lowest BCUT2D eigenvalue weighted by atomic mass is 10.3. The minimum Gasteiger partial charge on any atom is -0.481 e. The molecule has 1 rings (SSSR count). The first kappa shape index (κ1) is 14.9. The van der Waals surface area contributed by atoms with Gasteiger partial charge in [-0.25, -0.2) is 9.18 Å². The third kappa shape index (κ3) is 5.35. The van der Waals surface area contributed by atoms with E-state index in [0.717, 1.165) is 12.1 Å². The van der Waals surface area contributed by atoms with Crippen LogP contribution in [0.2, 0.25) is 5.02 Å². The van der Waals surface area contributed by atoms with Gasteiger partial charge in [-0.3, -0.25) is 14.9 Å². The average Bonchev–Trinajstić information content (AvgIpc) is 2.31. The number of hydrogen-bond acceptors (Lipinski definition) is 3. The van der Waals surface area contributed by atoms with Gasteiger partial charge in [0.25, 0.3) is 0 Å². The first-order valence-corrected chi connectivity index (χ1v) is 5.54. The van der Waals surface area contributed by atoms with Gasteiger partial charge in [-0.2, -0.15) is 0 Å². The Hall–Kier alpha value is -2.15. The van der Waals surface area contributed by atoms with Gasteiger partial charge in [0, 0.05) is 6.42 Å². The lowest BCUT2D eigenvalue weighted by Gasteiger charge is -2.07. The van der Waals surface area contributed by atoms with E-state index in [4.69, 9.17) is 16.7 Å². The predicted molar refractivity (Wildman–Crippen MR) is 65.4 cm³/mol.